The number of nitrogens with zero attached hydrogens (tertiary/aromatic N) is 2. The van der Waals surface area contributed by atoms with Crippen molar-refractivity contribution in [2.45, 2.75) is 13.0 Å². The zero-order valence-electron chi connectivity index (χ0n) is 15.8. The summed E-state index contributed by atoms with van der Waals surface area (Å²) in [6.45, 7) is 1.88. The Balaban J connectivity index is 1.91. The van der Waals surface area contributed by atoms with Crippen molar-refractivity contribution in [3.8, 4) is 0 Å². The highest BCUT2D eigenvalue weighted by Gasteiger charge is 2.47. The molecule has 7 nitrogen and oxygen atoms in total. The van der Waals surface area contributed by atoms with E-state index in [1.165, 1.54) is 40.5 Å². The van der Waals surface area contributed by atoms with Crippen molar-refractivity contribution in [1.82, 2.24) is 0 Å². The molecule has 1 aliphatic heterocycles. The number of ketones is 1. The summed E-state index contributed by atoms with van der Waals surface area (Å²) in [6, 6.07) is 15.1. The van der Waals surface area contributed by atoms with Crippen LogP contribution in [0.25, 0.3) is 5.76 Å². The lowest BCUT2D eigenvalue weighted by Crippen LogP contribution is -2.29. The maximum absolute atomic E-state index is 13.0. The van der Waals surface area contributed by atoms with Crippen LogP contribution in [0, 0.1) is 17.0 Å². The van der Waals surface area contributed by atoms with Gasteiger partial charge in [0.2, 0.25) is 0 Å². The number of anilines is 1. The van der Waals surface area contributed by atoms with Crippen molar-refractivity contribution in [2.24, 2.45) is 0 Å². The molecule has 3 aromatic rings. The minimum Gasteiger partial charge on any atom is -0.507 e. The van der Waals surface area contributed by atoms with Crippen LogP contribution in [0.3, 0.4) is 0 Å². The van der Waals surface area contributed by atoms with Crippen molar-refractivity contribution >= 4 is 40.2 Å². The van der Waals surface area contributed by atoms with Gasteiger partial charge in [-0.2, -0.15) is 0 Å². The average Bonchev–Trinajstić information content (AvgIpc) is 3.29. The number of thiophene rings is 1. The molecule has 0 bridgehead atoms. The Labute approximate surface area is 175 Å². The molecular weight excluding hydrogens is 404 g/mol. The molecule has 1 aliphatic rings. The predicted molar refractivity (Wildman–Crippen MR) is 113 cm³/mol. The minimum atomic E-state index is -0.799. The number of aliphatic hydroxyl groups excluding tert-OH is 1. The summed E-state index contributed by atoms with van der Waals surface area (Å²) >= 11 is 1.39. The Bertz CT molecular complexity index is 1180. The quantitative estimate of drug-likeness (QED) is 0.219. The van der Waals surface area contributed by atoms with E-state index in [0.29, 0.717) is 5.69 Å². The Hall–Kier alpha value is -3.78. The van der Waals surface area contributed by atoms with Gasteiger partial charge in [0.15, 0.2) is 0 Å². The lowest BCUT2D eigenvalue weighted by atomic mass is 9.98. The van der Waals surface area contributed by atoms with Crippen LogP contribution in [0.1, 0.15) is 22.0 Å². The van der Waals surface area contributed by atoms with Crippen LogP contribution >= 0.6 is 11.3 Å². The van der Waals surface area contributed by atoms with Gasteiger partial charge in [0.25, 0.3) is 17.4 Å². The number of Topliss-reactive ketones (excluding diaryl/α,β-unsaturated/α-hetero) is 1. The topological polar surface area (TPSA) is 101 Å². The maximum atomic E-state index is 13.0. The number of nitro groups is 1. The summed E-state index contributed by atoms with van der Waals surface area (Å²) in [5.41, 5.74) is 1.48. The van der Waals surface area contributed by atoms with Gasteiger partial charge in [-0.05, 0) is 48.2 Å². The number of benzene rings is 2. The number of aliphatic hydroxyl groups is 1. The number of carbonyl (C=O) groups is 2. The Morgan fingerprint density at radius 2 is 1.73 bits per heavy atom. The second-order valence-electron chi connectivity index (χ2n) is 6.78. The number of amides is 1. The first-order valence-corrected chi connectivity index (χ1v) is 9.93. The monoisotopic (exact) mass is 420 g/mol. The second kappa shape index (κ2) is 7.57. The van der Waals surface area contributed by atoms with Gasteiger partial charge < -0.3 is 5.11 Å². The summed E-state index contributed by atoms with van der Waals surface area (Å²) in [4.78, 5) is 38.5. The first kappa shape index (κ1) is 19.5. The molecule has 2 aromatic carbocycles. The van der Waals surface area contributed by atoms with Gasteiger partial charge in [0.05, 0.1) is 10.5 Å². The molecule has 150 valence electrons. The highest BCUT2D eigenvalue weighted by molar-refractivity contribution is 7.10. The molecule has 0 spiro atoms. The average molecular weight is 420 g/mol. The van der Waals surface area contributed by atoms with Crippen molar-refractivity contribution in [1.29, 1.82) is 0 Å². The molecule has 1 amide bonds. The molecule has 0 radical (unpaired) electrons. The lowest BCUT2D eigenvalue weighted by Gasteiger charge is -2.24. The van der Waals surface area contributed by atoms with E-state index in [1.54, 1.807) is 24.3 Å². The molecule has 1 atom stereocenters. The van der Waals surface area contributed by atoms with Crippen LogP contribution < -0.4 is 4.90 Å². The fourth-order valence-corrected chi connectivity index (χ4v) is 4.52. The molecule has 2 heterocycles. The molecule has 1 saturated heterocycles. The van der Waals surface area contributed by atoms with Gasteiger partial charge in [-0.1, -0.05) is 18.2 Å². The van der Waals surface area contributed by atoms with Crippen LogP contribution in [0.15, 0.2) is 71.6 Å². The number of non-ortho nitro benzene ring substituents is 1. The SMILES string of the molecule is Cc1ccsc1C1/C(=C(/O)c2ccc([N+](=O)[O-])cc2)C(=O)C(=O)N1c1ccccc1. The number of hydrogen-bond acceptors (Lipinski definition) is 6. The summed E-state index contributed by atoms with van der Waals surface area (Å²) in [5.74, 6) is -1.89. The number of rotatable bonds is 4. The normalized spacial score (nSPS) is 18.0. The molecule has 4 rings (SSSR count). The number of aryl methyl sites for hydroxylation is 1. The third-order valence-electron chi connectivity index (χ3n) is 4.98. The number of carbonyl (C=O) groups excluding carboxylic acids is 2. The van der Waals surface area contributed by atoms with Crippen LogP contribution in [0.5, 0.6) is 0 Å². The molecule has 30 heavy (non-hydrogen) atoms. The van der Waals surface area contributed by atoms with Gasteiger partial charge in [-0.15, -0.1) is 11.3 Å². The maximum Gasteiger partial charge on any atom is 0.300 e. The van der Waals surface area contributed by atoms with E-state index < -0.39 is 22.7 Å². The fraction of sp³-hybridized carbons (Fsp3) is 0.0909. The van der Waals surface area contributed by atoms with E-state index in [4.69, 9.17) is 0 Å². The van der Waals surface area contributed by atoms with E-state index >= 15 is 0 Å². The van der Waals surface area contributed by atoms with E-state index in [0.717, 1.165) is 10.4 Å². The van der Waals surface area contributed by atoms with Crippen molar-refractivity contribution in [2.75, 3.05) is 4.90 Å². The summed E-state index contributed by atoms with van der Waals surface area (Å²) < 4.78 is 0. The number of nitro benzene ring substituents is 1. The van der Waals surface area contributed by atoms with Gasteiger partial charge in [-0.3, -0.25) is 24.6 Å². The number of para-hydroxylation sites is 1. The third kappa shape index (κ3) is 3.17. The smallest absolute Gasteiger partial charge is 0.300 e. The molecule has 1 fully saturated rings. The predicted octanol–water partition coefficient (Wildman–Crippen LogP) is 4.59. The largest absolute Gasteiger partial charge is 0.507 e. The Morgan fingerprint density at radius 3 is 2.30 bits per heavy atom. The van der Waals surface area contributed by atoms with Gasteiger partial charge in [0, 0.05) is 28.3 Å². The van der Waals surface area contributed by atoms with E-state index in [-0.39, 0.29) is 22.6 Å². The van der Waals surface area contributed by atoms with Gasteiger partial charge in [-0.25, -0.2) is 0 Å². The van der Waals surface area contributed by atoms with Crippen LogP contribution in [-0.4, -0.2) is 21.7 Å². The minimum absolute atomic E-state index is 0.0387. The van der Waals surface area contributed by atoms with Crippen LogP contribution in [-0.2, 0) is 9.59 Å². The molecule has 0 aliphatic carbocycles. The molecule has 1 unspecified atom stereocenters. The first-order valence-electron chi connectivity index (χ1n) is 9.05. The highest BCUT2D eigenvalue weighted by atomic mass is 32.1. The van der Waals surface area contributed by atoms with Crippen LogP contribution in [0.2, 0.25) is 0 Å². The zero-order chi connectivity index (χ0) is 21.4. The summed E-state index contributed by atoms with van der Waals surface area (Å²) in [7, 11) is 0. The fourth-order valence-electron chi connectivity index (χ4n) is 3.50. The Kier molecular flexibility index (Phi) is 4.93. The zero-order valence-corrected chi connectivity index (χ0v) is 16.6. The van der Waals surface area contributed by atoms with E-state index in [2.05, 4.69) is 0 Å². The lowest BCUT2D eigenvalue weighted by molar-refractivity contribution is -0.384. The molecule has 0 saturated carbocycles. The van der Waals surface area contributed by atoms with Gasteiger partial charge in [0.1, 0.15) is 11.8 Å². The van der Waals surface area contributed by atoms with Crippen molar-refractivity contribution in [3.05, 3.63) is 97.7 Å². The molecule has 1 N–H and O–H groups in total. The summed E-state index contributed by atoms with van der Waals surface area (Å²) in [5, 5.41) is 23.7. The standard InChI is InChI=1S/C22H16N2O5S/c1-13-11-12-30-21(13)18-17(19(25)14-7-9-16(10-8-14)24(28)29)20(26)22(27)23(18)15-5-3-2-4-6-15/h2-12,18,25H,1H3/b19-17-. The van der Waals surface area contributed by atoms with Crippen molar-refractivity contribution in [3.63, 3.8) is 0 Å². The highest BCUT2D eigenvalue weighted by Crippen LogP contribution is 2.44. The van der Waals surface area contributed by atoms with E-state index in [9.17, 15) is 24.8 Å². The van der Waals surface area contributed by atoms with E-state index in [1.807, 2.05) is 24.4 Å². The summed E-state index contributed by atoms with van der Waals surface area (Å²) in [6.07, 6.45) is 0. The van der Waals surface area contributed by atoms with Crippen molar-refractivity contribution < 1.29 is 19.6 Å². The molecular formula is C22H16N2O5S. The first-order chi connectivity index (χ1) is 14.4. The molecule has 1 aromatic heterocycles. The third-order valence-corrected chi connectivity index (χ3v) is 6.05. The van der Waals surface area contributed by atoms with Gasteiger partial charge >= 0.3 is 0 Å². The molecule has 8 heteroatoms. The Morgan fingerprint density at radius 1 is 1.07 bits per heavy atom. The number of hydrogen-bond donors (Lipinski definition) is 1. The van der Waals surface area contributed by atoms with Crippen LogP contribution in [0.4, 0.5) is 11.4 Å². The second-order valence-corrected chi connectivity index (χ2v) is 7.72.